The topological polar surface area (TPSA) is 78.9 Å². The Morgan fingerprint density at radius 1 is 0.300 bits per heavy atom. The van der Waals surface area contributed by atoms with Crippen molar-refractivity contribution in [3.63, 3.8) is 0 Å². The first kappa shape index (κ1) is 66.3. The van der Waals surface area contributed by atoms with Crippen molar-refractivity contribution in [3.8, 4) is 0 Å². The van der Waals surface area contributed by atoms with E-state index in [1.165, 1.54) is 148 Å². The summed E-state index contributed by atoms with van der Waals surface area (Å²) in [5, 5.41) is 0. The number of carbonyl (C=O) groups is 3. The number of rotatable bonds is 52. The van der Waals surface area contributed by atoms with Gasteiger partial charge in [0.15, 0.2) is 6.10 Å². The molecule has 0 spiro atoms. The van der Waals surface area contributed by atoms with Crippen molar-refractivity contribution in [2.45, 2.75) is 277 Å². The van der Waals surface area contributed by atoms with Crippen LogP contribution in [0.2, 0.25) is 0 Å². The molecule has 0 aliphatic heterocycles. The number of ether oxygens (including phenoxy) is 3. The van der Waals surface area contributed by atoms with Crippen LogP contribution in [-0.2, 0) is 28.6 Å². The van der Waals surface area contributed by atoms with E-state index in [2.05, 4.69) is 69.4 Å². The van der Waals surface area contributed by atoms with Crippen LogP contribution in [0, 0.1) is 0 Å². The summed E-state index contributed by atoms with van der Waals surface area (Å²) < 4.78 is 16.8. The van der Waals surface area contributed by atoms with Gasteiger partial charge in [-0.25, -0.2) is 0 Å². The van der Waals surface area contributed by atoms with Gasteiger partial charge in [0.25, 0.3) is 0 Å². The monoisotopic (exact) mass is 973 g/mol. The van der Waals surface area contributed by atoms with Crippen molar-refractivity contribution in [1.82, 2.24) is 0 Å². The largest absolute Gasteiger partial charge is 0.462 e. The van der Waals surface area contributed by atoms with Crippen molar-refractivity contribution >= 4 is 17.9 Å². The molecule has 0 aromatic carbocycles. The first-order chi connectivity index (χ1) is 34.5. The summed E-state index contributed by atoms with van der Waals surface area (Å²) in [4.78, 5) is 38.2. The van der Waals surface area contributed by atoms with Gasteiger partial charge in [-0.05, 0) is 89.9 Å². The van der Waals surface area contributed by atoms with E-state index in [4.69, 9.17) is 14.2 Å². The number of allylic oxidation sites excluding steroid dienone is 16. The molecule has 0 aromatic heterocycles. The third-order valence-corrected chi connectivity index (χ3v) is 12.4. The molecular formula is C64H108O6. The van der Waals surface area contributed by atoms with Crippen LogP contribution in [-0.4, -0.2) is 37.2 Å². The van der Waals surface area contributed by atoms with E-state index in [0.717, 1.165) is 83.5 Å². The average molecular weight is 974 g/mol. The first-order valence-electron chi connectivity index (χ1n) is 29.3. The van der Waals surface area contributed by atoms with Crippen LogP contribution in [0.25, 0.3) is 0 Å². The lowest BCUT2D eigenvalue weighted by Crippen LogP contribution is -2.30. The summed E-state index contributed by atoms with van der Waals surface area (Å²) in [5.41, 5.74) is 0. The summed E-state index contributed by atoms with van der Waals surface area (Å²) in [6, 6.07) is 0. The fourth-order valence-electron chi connectivity index (χ4n) is 8.04. The summed E-state index contributed by atoms with van der Waals surface area (Å²) in [7, 11) is 0. The van der Waals surface area contributed by atoms with Crippen molar-refractivity contribution < 1.29 is 28.6 Å². The number of esters is 3. The summed E-state index contributed by atoms with van der Waals surface area (Å²) in [5.74, 6) is -0.947. The van der Waals surface area contributed by atoms with Gasteiger partial charge < -0.3 is 14.2 Å². The molecule has 0 saturated heterocycles. The molecule has 0 N–H and O–H groups in total. The maximum absolute atomic E-state index is 12.9. The zero-order valence-electron chi connectivity index (χ0n) is 45.8. The van der Waals surface area contributed by atoms with Gasteiger partial charge in [-0.3, -0.25) is 14.4 Å². The number of carbonyl (C=O) groups excluding carboxylic acids is 3. The average Bonchev–Trinajstić information content (AvgIpc) is 3.36. The fourth-order valence-corrected chi connectivity index (χ4v) is 8.04. The van der Waals surface area contributed by atoms with Crippen LogP contribution in [0.1, 0.15) is 271 Å². The van der Waals surface area contributed by atoms with E-state index in [1.807, 2.05) is 48.6 Å². The Bertz CT molecular complexity index is 1400. The van der Waals surface area contributed by atoms with Crippen molar-refractivity contribution in [3.05, 3.63) is 97.2 Å². The second-order valence-electron chi connectivity index (χ2n) is 19.3. The van der Waals surface area contributed by atoms with Gasteiger partial charge in [0.2, 0.25) is 0 Å². The predicted octanol–water partition coefficient (Wildman–Crippen LogP) is 19.7. The predicted molar refractivity (Wildman–Crippen MR) is 302 cm³/mol. The molecule has 0 radical (unpaired) electrons. The molecule has 6 heteroatoms. The molecule has 0 aromatic rings. The Morgan fingerprint density at radius 3 is 0.971 bits per heavy atom. The molecule has 70 heavy (non-hydrogen) atoms. The number of unbranched alkanes of at least 4 members (excludes halogenated alkanes) is 30. The summed E-state index contributed by atoms with van der Waals surface area (Å²) in [6.07, 6.45) is 76.8. The highest BCUT2D eigenvalue weighted by atomic mass is 16.6. The molecular weight excluding hydrogens is 865 g/mol. The molecule has 6 nitrogen and oxygen atoms in total. The lowest BCUT2D eigenvalue weighted by Gasteiger charge is -2.18. The van der Waals surface area contributed by atoms with Gasteiger partial charge in [-0.15, -0.1) is 0 Å². The lowest BCUT2D eigenvalue weighted by molar-refractivity contribution is -0.167. The minimum atomic E-state index is -0.802. The van der Waals surface area contributed by atoms with Crippen LogP contribution >= 0.6 is 0 Å². The lowest BCUT2D eigenvalue weighted by atomic mass is 10.1. The van der Waals surface area contributed by atoms with Gasteiger partial charge in [0, 0.05) is 19.3 Å². The van der Waals surface area contributed by atoms with E-state index in [9.17, 15) is 14.4 Å². The molecule has 0 aliphatic rings. The molecule has 0 rings (SSSR count). The van der Waals surface area contributed by atoms with Gasteiger partial charge >= 0.3 is 17.9 Å². The molecule has 1 atom stereocenters. The summed E-state index contributed by atoms with van der Waals surface area (Å²) >= 11 is 0. The fraction of sp³-hybridized carbons (Fsp3) is 0.703. The van der Waals surface area contributed by atoms with E-state index < -0.39 is 6.10 Å². The van der Waals surface area contributed by atoms with Gasteiger partial charge in [-0.1, -0.05) is 259 Å². The zero-order valence-corrected chi connectivity index (χ0v) is 45.8. The maximum atomic E-state index is 12.9. The minimum Gasteiger partial charge on any atom is -0.462 e. The van der Waals surface area contributed by atoms with E-state index in [1.54, 1.807) is 0 Å². The van der Waals surface area contributed by atoms with Crippen LogP contribution in [0.15, 0.2) is 97.2 Å². The van der Waals surface area contributed by atoms with Crippen molar-refractivity contribution in [2.75, 3.05) is 13.2 Å². The Balaban J connectivity index is 4.45. The SMILES string of the molecule is CC\C=C/C=C\C=C/C=C\C=C/CCCCCC(=O)OCC(COC(=O)CCCCCCCCCCCC/C=C\C=C/CCCCC)OC(=O)CCCCCCC/C=C\CCCCCCCCCCC. The third-order valence-electron chi connectivity index (χ3n) is 12.4. The Morgan fingerprint density at radius 2 is 0.571 bits per heavy atom. The molecule has 0 amide bonds. The van der Waals surface area contributed by atoms with Crippen LogP contribution in [0.4, 0.5) is 0 Å². The Kier molecular flexibility index (Phi) is 54.9. The molecule has 0 saturated carbocycles. The van der Waals surface area contributed by atoms with Crippen LogP contribution < -0.4 is 0 Å². The summed E-state index contributed by atoms with van der Waals surface area (Å²) in [6.45, 7) is 6.44. The third kappa shape index (κ3) is 55.3. The van der Waals surface area contributed by atoms with Crippen molar-refractivity contribution in [2.24, 2.45) is 0 Å². The van der Waals surface area contributed by atoms with E-state index in [-0.39, 0.29) is 31.1 Å². The molecule has 0 bridgehead atoms. The molecule has 0 heterocycles. The normalized spacial score (nSPS) is 12.8. The highest BCUT2D eigenvalue weighted by Gasteiger charge is 2.19. The Hall–Kier alpha value is -3.67. The molecule has 1 unspecified atom stereocenters. The Labute approximate surface area is 432 Å². The van der Waals surface area contributed by atoms with Crippen LogP contribution in [0.3, 0.4) is 0 Å². The maximum Gasteiger partial charge on any atom is 0.306 e. The molecule has 0 aliphatic carbocycles. The number of hydrogen-bond acceptors (Lipinski definition) is 6. The highest BCUT2D eigenvalue weighted by molar-refractivity contribution is 5.71. The minimum absolute atomic E-state index is 0.0967. The van der Waals surface area contributed by atoms with Gasteiger partial charge in [0.1, 0.15) is 13.2 Å². The molecule has 0 fully saturated rings. The second kappa shape index (κ2) is 57.9. The van der Waals surface area contributed by atoms with E-state index >= 15 is 0 Å². The quantitative estimate of drug-likeness (QED) is 0.0199. The van der Waals surface area contributed by atoms with Gasteiger partial charge in [0.05, 0.1) is 0 Å². The van der Waals surface area contributed by atoms with Crippen molar-refractivity contribution in [1.29, 1.82) is 0 Å². The smallest absolute Gasteiger partial charge is 0.306 e. The molecule has 400 valence electrons. The van der Waals surface area contributed by atoms with E-state index in [0.29, 0.717) is 19.3 Å². The zero-order chi connectivity index (χ0) is 50.7. The van der Waals surface area contributed by atoms with Gasteiger partial charge in [-0.2, -0.15) is 0 Å². The van der Waals surface area contributed by atoms with Crippen LogP contribution in [0.5, 0.6) is 0 Å². The second-order valence-corrected chi connectivity index (χ2v) is 19.3. The standard InChI is InChI=1S/C64H108O6/c1-4-7-10-13-16-19-22-25-28-30-32-34-36-39-42-45-48-51-54-57-63(66)69-60-61(59-68-62(65)56-53-50-47-44-41-38-35-27-24-21-18-15-12-9-6-3)70-64(67)58-55-52-49-46-43-40-37-33-31-29-26-23-20-17-14-11-8-5-2/h9,12,15-16,18-19,21-22,24-25,27,33,35,37-38,41,61H,4-8,10-11,13-14,17,20,23,26,28-32,34,36,39-40,42-60H2,1-3H3/b12-9-,18-15-,19-16-,24-21-,25-22-,35-27-,37-33-,41-38-. The number of hydrogen-bond donors (Lipinski definition) is 0. The first-order valence-corrected chi connectivity index (χ1v) is 29.3. The highest BCUT2D eigenvalue weighted by Crippen LogP contribution is 2.15.